The first-order chi connectivity index (χ1) is 18.3. The predicted molar refractivity (Wildman–Crippen MR) is 139 cm³/mol. The van der Waals surface area contributed by atoms with Gasteiger partial charge in [-0.3, -0.25) is 29.6 Å². The molecule has 0 unspecified atom stereocenters. The van der Waals surface area contributed by atoms with Gasteiger partial charge >= 0.3 is 6.03 Å². The van der Waals surface area contributed by atoms with Crippen LogP contribution in [0.5, 0.6) is 0 Å². The molecular formula is C26H27ClN6O5. The standard InChI is InChI=1S/C26H27ClN6O5/c1-28-25(37)31-23(35)17-11-15-4-5-18(13-16(15)12-17)30-20(34)14-33-22(21-19(27)3-2-8-29-21)32-26(24(33)36)6-9-38-10-7-26/h2-5,8,13,17H,6-7,9-12,14H2,1H3,(H,30,34)(H2,28,31,35,37)/t17-/m1/s1. The quantitative estimate of drug-likeness (QED) is 0.529. The van der Waals surface area contributed by atoms with Gasteiger partial charge in [-0.2, -0.15) is 0 Å². The fourth-order valence-electron chi connectivity index (χ4n) is 5.07. The second kappa shape index (κ2) is 10.5. The minimum absolute atomic E-state index is 0.262. The molecule has 0 radical (unpaired) electrons. The van der Waals surface area contributed by atoms with Gasteiger partial charge in [-0.1, -0.05) is 17.7 Å². The molecule has 1 aromatic carbocycles. The summed E-state index contributed by atoms with van der Waals surface area (Å²) >= 11 is 6.38. The number of urea groups is 1. The van der Waals surface area contributed by atoms with Crippen molar-refractivity contribution in [1.82, 2.24) is 20.5 Å². The molecule has 2 aromatic rings. The first kappa shape index (κ1) is 25.8. The van der Waals surface area contributed by atoms with E-state index in [4.69, 9.17) is 21.3 Å². The topological polar surface area (TPSA) is 142 Å². The highest BCUT2D eigenvalue weighted by Crippen LogP contribution is 2.35. The molecule has 5 rings (SSSR count). The number of benzene rings is 1. The van der Waals surface area contributed by atoms with Gasteiger partial charge in [0.25, 0.3) is 5.91 Å². The fraction of sp³-hybridized carbons (Fsp3) is 0.385. The average Bonchev–Trinajstić information content (AvgIpc) is 3.44. The Morgan fingerprint density at radius 3 is 2.66 bits per heavy atom. The molecular weight excluding hydrogens is 512 g/mol. The van der Waals surface area contributed by atoms with E-state index in [1.54, 1.807) is 24.4 Å². The van der Waals surface area contributed by atoms with Gasteiger partial charge in [0.15, 0.2) is 5.84 Å². The highest BCUT2D eigenvalue weighted by atomic mass is 35.5. The van der Waals surface area contributed by atoms with Crippen molar-refractivity contribution in [3.05, 3.63) is 58.4 Å². The number of fused-ring (bicyclic) bond motifs is 1. The summed E-state index contributed by atoms with van der Waals surface area (Å²) in [5, 5.41) is 7.87. The van der Waals surface area contributed by atoms with Crippen LogP contribution in [0.1, 0.15) is 29.7 Å². The molecule has 1 atom stereocenters. The Morgan fingerprint density at radius 1 is 1.16 bits per heavy atom. The predicted octanol–water partition coefficient (Wildman–Crippen LogP) is 1.68. The molecule has 1 spiro atoms. The monoisotopic (exact) mass is 538 g/mol. The zero-order valence-electron chi connectivity index (χ0n) is 20.8. The van der Waals surface area contributed by atoms with Gasteiger partial charge in [-0.05, 0) is 48.2 Å². The Labute approximate surface area is 224 Å². The van der Waals surface area contributed by atoms with Crippen LogP contribution in [0.25, 0.3) is 0 Å². The Kier molecular flexibility index (Phi) is 7.13. The summed E-state index contributed by atoms with van der Waals surface area (Å²) in [6.07, 6.45) is 3.35. The van der Waals surface area contributed by atoms with Crippen molar-refractivity contribution in [2.45, 2.75) is 31.2 Å². The van der Waals surface area contributed by atoms with Crippen LogP contribution < -0.4 is 16.0 Å². The SMILES string of the molecule is CNC(=O)NC(=O)[C@@H]1Cc2ccc(NC(=O)CN3C(=O)C4(CCOCC4)N=C3c3ncccc3Cl)cc2C1. The molecule has 3 heterocycles. The number of halogens is 1. The zero-order valence-corrected chi connectivity index (χ0v) is 21.5. The van der Waals surface area contributed by atoms with E-state index in [1.165, 1.54) is 11.9 Å². The molecule has 0 bridgehead atoms. The number of anilines is 1. The van der Waals surface area contributed by atoms with Crippen molar-refractivity contribution in [2.75, 3.05) is 32.1 Å². The number of aliphatic imine (C=N–C) groups is 1. The molecule has 3 aliphatic rings. The van der Waals surface area contributed by atoms with Crippen LogP contribution in [-0.2, 0) is 32.0 Å². The Balaban J connectivity index is 1.30. The van der Waals surface area contributed by atoms with Crippen molar-refractivity contribution in [3.8, 4) is 0 Å². The van der Waals surface area contributed by atoms with Crippen LogP contribution in [-0.4, -0.2) is 71.8 Å². The highest BCUT2D eigenvalue weighted by Gasteiger charge is 2.50. The lowest BCUT2D eigenvalue weighted by Gasteiger charge is -2.29. The van der Waals surface area contributed by atoms with Crippen LogP contribution in [0, 0.1) is 5.92 Å². The molecule has 198 valence electrons. The largest absolute Gasteiger partial charge is 0.381 e. The van der Waals surface area contributed by atoms with Gasteiger partial charge in [0.1, 0.15) is 17.8 Å². The van der Waals surface area contributed by atoms with Gasteiger partial charge in [0, 0.05) is 50.9 Å². The van der Waals surface area contributed by atoms with E-state index in [9.17, 15) is 19.2 Å². The summed E-state index contributed by atoms with van der Waals surface area (Å²) in [5.74, 6) is -1.12. The second-order valence-corrected chi connectivity index (χ2v) is 9.92. The molecule has 0 saturated carbocycles. The van der Waals surface area contributed by atoms with Crippen molar-refractivity contribution in [1.29, 1.82) is 0 Å². The van der Waals surface area contributed by atoms with Crippen molar-refractivity contribution < 1.29 is 23.9 Å². The lowest BCUT2D eigenvalue weighted by molar-refractivity contribution is -0.136. The summed E-state index contributed by atoms with van der Waals surface area (Å²) in [6, 6.07) is 8.23. The highest BCUT2D eigenvalue weighted by molar-refractivity contribution is 6.34. The van der Waals surface area contributed by atoms with E-state index >= 15 is 0 Å². The van der Waals surface area contributed by atoms with Gasteiger partial charge in [0.2, 0.25) is 11.8 Å². The lowest BCUT2D eigenvalue weighted by Crippen LogP contribution is -2.48. The minimum Gasteiger partial charge on any atom is -0.381 e. The second-order valence-electron chi connectivity index (χ2n) is 9.51. The number of pyridine rings is 1. The summed E-state index contributed by atoms with van der Waals surface area (Å²) < 4.78 is 5.44. The summed E-state index contributed by atoms with van der Waals surface area (Å²) in [5.41, 5.74) is 1.79. The van der Waals surface area contributed by atoms with E-state index in [2.05, 4.69) is 20.9 Å². The smallest absolute Gasteiger partial charge is 0.321 e. The maximum absolute atomic E-state index is 13.6. The van der Waals surface area contributed by atoms with Crippen LogP contribution in [0.3, 0.4) is 0 Å². The Bertz CT molecular complexity index is 1340. The summed E-state index contributed by atoms with van der Waals surface area (Å²) in [7, 11) is 1.44. The van der Waals surface area contributed by atoms with E-state index < -0.39 is 17.5 Å². The maximum Gasteiger partial charge on any atom is 0.321 e. The molecule has 12 heteroatoms. The molecule has 5 amide bonds. The fourth-order valence-corrected chi connectivity index (χ4v) is 5.28. The summed E-state index contributed by atoms with van der Waals surface area (Å²) in [4.78, 5) is 60.9. The first-order valence-corrected chi connectivity index (χ1v) is 12.7. The molecule has 2 aliphatic heterocycles. The number of aromatic nitrogens is 1. The third kappa shape index (κ3) is 4.99. The summed E-state index contributed by atoms with van der Waals surface area (Å²) in [6.45, 7) is 0.535. The number of ether oxygens (including phenoxy) is 1. The van der Waals surface area contributed by atoms with E-state index in [-0.39, 0.29) is 30.1 Å². The molecule has 1 aliphatic carbocycles. The number of carbonyl (C=O) groups is 4. The zero-order chi connectivity index (χ0) is 26.9. The van der Waals surface area contributed by atoms with Crippen molar-refractivity contribution in [3.63, 3.8) is 0 Å². The maximum atomic E-state index is 13.6. The third-order valence-corrected chi connectivity index (χ3v) is 7.37. The molecule has 1 aromatic heterocycles. The number of hydrogen-bond acceptors (Lipinski definition) is 7. The normalized spacial score (nSPS) is 19.6. The lowest BCUT2D eigenvalue weighted by atomic mass is 9.90. The van der Waals surface area contributed by atoms with Crippen LogP contribution in [0.4, 0.5) is 10.5 Å². The Morgan fingerprint density at radius 2 is 1.92 bits per heavy atom. The Hall–Kier alpha value is -3.83. The van der Waals surface area contributed by atoms with Crippen molar-refractivity contribution >= 4 is 46.9 Å². The molecule has 1 saturated heterocycles. The molecule has 11 nitrogen and oxygen atoms in total. The van der Waals surface area contributed by atoms with Crippen molar-refractivity contribution in [2.24, 2.45) is 10.9 Å². The number of amidine groups is 1. The number of carbonyl (C=O) groups excluding carboxylic acids is 4. The van der Waals surface area contributed by atoms with E-state index in [0.717, 1.165) is 11.1 Å². The van der Waals surface area contributed by atoms with Crippen LogP contribution in [0.15, 0.2) is 41.5 Å². The van der Waals surface area contributed by atoms with E-state index in [1.807, 2.05) is 12.1 Å². The third-order valence-electron chi connectivity index (χ3n) is 7.07. The minimum atomic E-state index is -0.994. The number of hydrogen-bond donors (Lipinski definition) is 3. The molecule has 38 heavy (non-hydrogen) atoms. The number of imide groups is 1. The number of nitrogens with zero attached hydrogens (tertiary/aromatic N) is 3. The van der Waals surface area contributed by atoms with E-state index in [0.29, 0.717) is 55.3 Å². The average molecular weight is 539 g/mol. The van der Waals surface area contributed by atoms with Gasteiger partial charge < -0.3 is 15.4 Å². The van der Waals surface area contributed by atoms with Crippen LogP contribution >= 0.6 is 11.6 Å². The number of nitrogens with one attached hydrogen (secondary N) is 3. The first-order valence-electron chi connectivity index (χ1n) is 12.3. The van der Waals surface area contributed by atoms with Gasteiger partial charge in [0.05, 0.1) is 5.02 Å². The van der Waals surface area contributed by atoms with Crippen LogP contribution in [0.2, 0.25) is 5.02 Å². The molecule has 1 fully saturated rings. The van der Waals surface area contributed by atoms with Gasteiger partial charge in [-0.15, -0.1) is 0 Å². The molecule has 3 N–H and O–H groups in total. The van der Waals surface area contributed by atoms with Gasteiger partial charge in [-0.25, -0.2) is 9.79 Å². The number of rotatable bonds is 5. The number of amides is 5.